The van der Waals surface area contributed by atoms with E-state index in [0.717, 1.165) is 5.56 Å². The Balaban J connectivity index is 2.40. The van der Waals surface area contributed by atoms with Crippen LogP contribution < -0.4 is 15.2 Å². The second-order valence-corrected chi connectivity index (χ2v) is 3.61. The van der Waals surface area contributed by atoms with E-state index in [1.54, 1.807) is 13.0 Å². The monoisotopic (exact) mass is 249 g/mol. The molecule has 0 aliphatic heterocycles. The van der Waals surface area contributed by atoms with Crippen molar-refractivity contribution in [2.75, 3.05) is 12.8 Å². The molecule has 0 atom stereocenters. The number of hydrogen-bond donors (Lipinski definition) is 1. The van der Waals surface area contributed by atoms with Gasteiger partial charge < -0.3 is 15.2 Å². The molecule has 0 bridgehead atoms. The van der Waals surface area contributed by atoms with Crippen molar-refractivity contribution in [3.05, 3.63) is 35.9 Å². The van der Waals surface area contributed by atoms with E-state index in [1.165, 1.54) is 25.6 Å². The Labute approximate surface area is 103 Å². The van der Waals surface area contributed by atoms with Gasteiger partial charge in [-0.3, -0.25) is 0 Å². The number of nitrogens with two attached hydrogens (primary N) is 1. The molecule has 2 rings (SSSR count). The summed E-state index contributed by atoms with van der Waals surface area (Å²) in [6.07, 6.45) is 1.25. The molecular weight excluding hydrogens is 237 g/mol. The van der Waals surface area contributed by atoms with Crippen LogP contribution in [-0.2, 0) is 0 Å². The fourth-order valence-electron chi connectivity index (χ4n) is 1.42. The zero-order chi connectivity index (χ0) is 13.1. The lowest BCUT2D eigenvalue weighted by atomic mass is 10.2. The molecule has 0 spiro atoms. The minimum Gasteiger partial charge on any atom is -0.489 e. The smallest absolute Gasteiger partial charge is 0.268 e. The van der Waals surface area contributed by atoms with E-state index in [-0.39, 0.29) is 17.4 Å². The van der Waals surface area contributed by atoms with E-state index in [2.05, 4.69) is 9.97 Å². The molecular formula is C12H12FN3O2. The van der Waals surface area contributed by atoms with Crippen molar-refractivity contribution in [2.45, 2.75) is 6.92 Å². The number of nitrogen functional groups attached to an aromatic ring is 1. The summed E-state index contributed by atoms with van der Waals surface area (Å²) >= 11 is 0. The number of benzene rings is 1. The van der Waals surface area contributed by atoms with Gasteiger partial charge in [0, 0.05) is 6.07 Å². The first-order chi connectivity index (χ1) is 8.61. The van der Waals surface area contributed by atoms with Crippen molar-refractivity contribution in [3.8, 4) is 17.4 Å². The van der Waals surface area contributed by atoms with E-state index >= 15 is 0 Å². The summed E-state index contributed by atoms with van der Waals surface area (Å²) in [4.78, 5) is 7.70. The summed E-state index contributed by atoms with van der Waals surface area (Å²) in [6, 6.07) is 4.24. The van der Waals surface area contributed by atoms with Crippen LogP contribution in [0, 0.1) is 12.7 Å². The Kier molecular flexibility index (Phi) is 3.27. The second-order valence-electron chi connectivity index (χ2n) is 3.61. The maximum Gasteiger partial charge on any atom is 0.268 e. The van der Waals surface area contributed by atoms with Gasteiger partial charge in [-0.05, 0) is 18.6 Å². The Morgan fingerprint density at radius 2 is 2.06 bits per heavy atom. The zero-order valence-corrected chi connectivity index (χ0v) is 9.98. The van der Waals surface area contributed by atoms with Crippen LogP contribution in [0.15, 0.2) is 24.5 Å². The SMILES string of the molecule is COc1c(N)ncnc1Oc1cc(F)ccc1C. The molecule has 0 fully saturated rings. The van der Waals surface area contributed by atoms with Gasteiger partial charge in [-0.1, -0.05) is 6.07 Å². The highest BCUT2D eigenvalue weighted by Crippen LogP contribution is 2.33. The van der Waals surface area contributed by atoms with Gasteiger partial charge in [0.15, 0.2) is 5.82 Å². The minimum absolute atomic E-state index is 0.152. The summed E-state index contributed by atoms with van der Waals surface area (Å²) in [5.41, 5.74) is 6.40. The number of anilines is 1. The van der Waals surface area contributed by atoms with Crippen LogP contribution in [0.2, 0.25) is 0 Å². The first kappa shape index (κ1) is 12.1. The van der Waals surface area contributed by atoms with Crippen LogP contribution >= 0.6 is 0 Å². The normalized spacial score (nSPS) is 10.2. The van der Waals surface area contributed by atoms with Crippen molar-refractivity contribution in [1.29, 1.82) is 0 Å². The van der Waals surface area contributed by atoms with Crippen molar-refractivity contribution >= 4 is 5.82 Å². The predicted molar refractivity (Wildman–Crippen MR) is 64.2 cm³/mol. The molecule has 0 unspecified atom stereocenters. The van der Waals surface area contributed by atoms with Crippen LogP contribution in [0.25, 0.3) is 0 Å². The number of aromatic nitrogens is 2. The number of methoxy groups -OCH3 is 1. The Hall–Kier alpha value is -2.37. The van der Waals surface area contributed by atoms with Gasteiger partial charge in [-0.2, -0.15) is 4.98 Å². The third-order valence-electron chi connectivity index (χ3n) is 2.36. The highest BCUT2D eigenvalue weighted by molar-refractivity contribution is 5.53. The molecule has 2 N–H and O–H groups in total. The molecule has 1 aromatic heterocycles. The Morgan fingerprint density at radius 3 is 2.78 bits per heavy atom. The molecule has 0 amide bonds. The molecule has 6 heteroatoms. The van der Waals surface area contributed by atoms with Gasteiger partial charge in [0.25, 0.3) is 5.88 Å². The topological polar surface area (TPSA) is 70.3 Å². The van der Waals surface area contributed by atoms with Crippen LogP contribution in [-0.4, -0.2) is 17.1 Å². The Morgan fingerprint density at radius 1 is 1.28 bits per heavy atom. The molecule has 18 heavy (non-hydrogen) atoms. The lowest BCUT2D eigenvalue weighted by Crippen LogP contribution is -2.00. The highest BCUT2D eigenvalue weighted by Gasteiger charge is 2.13. The standard InChI is InChI=1S/C12H12FN3O2/c1-7-3-4-8(13)5-9(7)18-12-10(17-2)11(14)15-6-16-12/h3-6H,1-2H3,(H2,14,15,16). The molecule has 2 aromatic rings. The van der Waals surface area contributed by atoms with E-state index in [9.17, 15) is 4.39 Å². The summed E-state index contributed by atoms with van der Waals surface area (Å²) in [7, 11) is 1.43. The molecule has 1 heterocycles. The molecule has 0 aliphatic carbocycles. The molecule has 5 nitrogen and oxygen atoms in total. The molecule has 0 saturated heterocycles. The van der Waals surface area contributed by atoms with Crippen molar-refractivity contribution in [2.24, 2.45) is 0 Å². The van der Waals surface area contributed by atoms with E-state index in [1.807, 2.05) is 0 Å². The van der Waals surface area contributed by atoms with Crippen LogP contribution in [0.1, 0.15) is 5.56 Å². The van der Waals surface area contributed by atoms with Crippen molar-refractivity contribution < 1.29 is 13.9 Å². The summed E-state index contributed by atoms with van der Waals surface area (Å²) in [5.74, 6) is 0.499. The quantitative estimate of drug-likeness (QED) is 0.903. The average Bonchev–Trinajstić information content (AvgIpc) is 2.34. The predicted octanol–water partition coefficient (Wildman–Crippen LogP) is 2.31. The Bertz CT molecular complexity index is 575. The van der Waals surface area contributed by atoms with E-state index in [4.69, 9.17) is 15.2 Å². The molecule has 94 valence electrons. The van der Waals surface area contributed by atoms with E-state index in [0.29, 0.717) is 5.75 Å². The fraction of sp³-hybridized carbons (Fsp3) is 0.167. The van der Waals surface area contributed by atoms with Crippen molar-refractivity contribution in [3.63, 3.8) is 0 Å². The maximum atomic E-state index is 13.1. The van der Waals surface area contributed by atoms with Crippen LogP contribution in [0.4, 0.5) is 10.2 Å². The number of hydrogen-bond acceptors (Lipinski definition) is 5. The fourth-order valence-corrected chi connectivity index (χ4v) is 1.42. The van der Waals surface area contributed by atoms with Gasteiger partial charge in [-0.15, -0.1) is 0 Å². The van der Waals surface area contributed by atoms with E-state index < -0.39 is 5.82 Å². The van der Waals surface area contributed by atoms with Gasteiger partial charge in [-0.25, -0.2) is 9.37 Å². The van der Waals surface area contributed by atoms with Gasteiger partial charge in [0.1, 0.15) is 17.9 Å². The summed E-state index contributed by atoms with van der Waals surface area (Å²) < 4.78 is 23.7. The highest BCUT2D eigenvalue weighted by atomic mass is 19.1. The number of ether oxygens (including phenoxy) is 2. The third-order valence-corrected chi connectivity index (χ3v) is 2.36. The summed E-state index contributed by atoms with van der Waals surface area (Å²) in [6.45, 7) is 1.80. The minimum atomic E-state index is -0.392. The van der Waals surface area contributed by atoms with Crippen molar-refractivity contribution in [1.82, 2.24) is 9.97 Å². The molecule has 0 aliphatic rings. The average molecular weight is 249 g/mol. The molecule has 1 aromatic carbocycles. The summed E-state index contributed by atoms with van der Waals surface area (Å²) in [5, 5.41) is 0. The number of nitrogens with zero attached hydrogens (tertiary/aromatic N) is 2. The number of halogens is 1. The molecule has 0 radical (unpaired) electrons. The first-order valence-electron chi connectivity index (χ1n) is 5.20. The number of rotatable bonds is 3. The van der Waals surface area contributed by atoms with Crippen LogP contribution in [0.3, 0.4) is 0 Å². The lowest BCUT2D eigenvalue weighted by Gasteiger charge is -2.11. The van der Waals surface area contributed by atoms with Gasteiger partial charge in [0.05, 0.1) is 7.11 Å². The van der Waals surface area contributed by atoms with Gasteiger partial charge >= 0.3 is 0 Å². The first-order valence-corrected chi connectivity index (χ1v) is 5.20. The lowest BCUT2D eigenvalue weighted by molar-refractivity contribution is 0.367. The molecule has 0 saturated carbocycles. The van der Waals surface area contributed by atoms with Crippen LogP contribution in [0.5, 0.6) is 17.4 Å². The zero-order valence-electron chi connectivity index (χ0n) is 9.98. The second kappa shape index (κ2) is 4.87. The number of aryl methyl sites for hydroxylation is 1. The third kappa shape index (κ3) is 2.32. The maximum absolute atomic E-state index is 13.1. The largest absolute Gasteiger partial charge is 0.489 e. The van der Waals surface area contributed by atoms with Gasteiger partial charge in [0.2, 0.25) is 5.75 Å².